The molecule has 0 aliphatic carbocycles. The Kier molecular flexibility index (Phi) is 8.48. The summed E-state index contributed by atoms with van der Waals surface area (Å²) in [6.07, 6.45) is 1.08. The molecular weight excluding hydrogens is 94.1 g/mol. The Morgan fingerprint density at radius 2 is 1.83 bits per heavy atom. The van der Waals surface area contributed by atoms with Crippen LogP contribution < -0.4 is 5.73 Å². The fourth-order valence-corrected chi connectivity index (χ4v) is 0. The fraction of sp³-hybridized carbons (Fsp3) is 1.00. The van der Waals surface area contributed by atoms with E-state index in [2.05, 4.69) is 6.92 Å². The molecule has 0 unspecified atom stereocenters. The van der Waals surface area contributed by atoms with Crippen LogP contribution in [0.1, 0.15) is 20.3 Å². The van der Waals surface area contributed by atoms with Crippen LogP contribution in [0.5, 0.6) is 0 Å². The maximum atomic E-state index is 5.29. The zero-order valence-electron chi connectivity index (χ0n) is 4.36. The third kappa shape index (κ3) is 8.85. The fourth-order valence-electron chi connectivity index (χ4n) is 0. The maximum absolute atomic E-state index is 5.29. The van der Waals surface area contributed by atoms with Crippen LogP contribution in [0.2, 0.25) is 0 Å². The van der Waals surface area contributed by atoms with Gasteiger partial charge in [0.1, 0.15) is 0 Å². The van der Waals surface area contributed by atoms with Gasteiger partial charge in [-0.15, -0.1) is 0 Å². The monoisotopic (exact) mass is 107 g/mol. The Balaban J connectivity index is 0. The molecule has 0 spiro atoms. The largest absolute Gasteiger partial charge is 0.328 e. The zero-order chi connectivity index (χ0) is 4.28. The quantitative estimate of drug-likeness (QED) is 0.528. The first-order valence-corrected chi connectivity index (χ1v) is 2.03. The van der Waals surface area contributed by atoms with Crippen molar-refractivity contribution < 1.29 is 0 Å². The van der Waals surface area contributed by atoms with Crippen LogP contribution in [0, 0.1) is 0 Å². The molecule has 0 aliphatic rings. The van der Waals surface area contributed by atoms with Crippen molar-refractivity contribution in [3.8, 4) is 0 Å². The zero-order valence-corrected chi connectivity index (χ0v) is 5.36. The van der Waals surface area contributed by atoms with Gasteiger partial charge in [0.25, 0.3) is 0 Å². The maximum Gasteiger partial charge on any atom is 0.000781 e. The molecule has 2 heteroatoms. The summed E-state index contributed by atoms with van der Waals surface area (Å²) >= 11 is 0. The molecule has 0 heterocycles. The second-order valence-corrected chi connectivity index (χ2v) is 1.39. The molecule has 0 saturated carbocycles. The van der Waals surface area contributed by atoms with Crippen molar-refractivity contribution in [2.24, 2.45) is 5.73 Å². The van der Waals surface area contributed by atoms with Crippen LogP contribution in [0.15, 0.2) is 0 Å². The molecule has 0 bridgehead atoms. The van der Waals surface area contributed by atoms with E-state index in [1.165, 1.54) is 0 Å². The topological polar surface area (TPSA) is 26.0 Å². The molecule has 1 nitrogen and oxygen atoms in total. The Hall–Kier alpha value is 0.310. The summed E-state index contributed by atoms with van der Waals surface area (Å²) in [5, 5.41) is 0. The van der Waals surface area contributed by atoms with E-state index in [4.69, 9.17) is 5.73 Å². The Labute approximate surface area is 46.4 Å². The first kappa shape index (κ1) is 9.58. The molecule has 0 radical (unpaired) electrons. The van der Waals surface area contributed by atoms with Gasteiger partial charge >= 0.3 is 0 Å². The Morgan fingerprint density at radius 3 is 1.83 bits per heavy atom. The van der Waals surface area contributed by atoms with Crippen molar-refractivity contribution in [1.82, 2.24) is 0 Å². The minimum absolute atomic E-state index is 0. The van der Waals surface area contributed by atoms with Gasteiger partial charge in [0.05, 0.1) is 0 Å². The summed E-state index contributed by atoms with van der Waals surface area (Å²) in [5.74, 6) is 0. The van der Waals surface area contributed by atoms with Crippen LogP contribution in [-0.2, 0) is 0 Å². The first-order valence-electron chi connectivity index (χ1n) is 2.03. The van der Waals surface area contributed by atoms with Crippen LogP contribution in [0.4, 0.5) is 0 Å². The molecule has 0 aromatic carbocycles. The molecule has 0 rings (SSSR count). The molecule has 40 valence electrons. The van der Waals surface area contributed by atoms with Crippen molar-refractivity contribution in [2.75, 3.05) is 0 Å². The molecule has 0 aromatic rings. The van der Waals surface area contributed by atoms with E-state index in [0.29, 0.717) is 6.04 Å². The number of hydrogen-bond acceptors (Lipinski definition) is 1. The van der Waals surface area contributed by atoms with Gasteiger partial charge in [0, 0.05) is 6.04 Å². The minimum atomic E-state index is 0. The van der Waals surface area contributed by atoms with Crippen molar-refractivity contribution in [1.29, 1.82) is 0 Å². The van der Waals surface area contributed by atoms with Gasteiger partial charge < -0.3 is 5.73 Å². The van der Waals surface area contributed by atoms with E-state index in [1.807, 2.05) is 6.92 Å². The van der Waals surface area contributed by atoms with Crippen LogP contribution in [0.3, 0.4) is 0 Å². The van der Waals surface area contributed by atoms with Crippen LogP contribution >= 0.6 is 13.5 Å². The predicted molar refractivity (Wildman–Crippen MR) is 34.3 cm³/mol. The highest BCUT2D eigenvalue weighted by Crippen LogP contribution is 1.77. The van der Waals surface area contributed by atoms with Crippen LogP contribution in [0.25, 0.3) is 0 Å². The average molecular weight is 107 g/mol. The highest BCUT2D eigenvalue weighted by atomic mass is 32.1. The lowest BCUT2D eigenvalue weighted by Crippen LogP contribution is -2.11. The highest BCUT2D eigenvalue weighted by molar-refractivity contribution is 7.59. The molecule has 2 N–H and O–H groups in total. The smallest absolute Gasteiger partial charge is 0.000781 e. The third-order valence-electron chi connectivity index (χ3n) is 0.644. The highest BCUT2D eigenvalue weighted by Gasteiger charge is 1.79. The summed E-state index contributed by atoms with van der Waals surface area (Å²) in [6, 6.07) is 0.384. The summed E-state index contributed by atoms with van der Waals surface area (Å²) in [5.41, 5.74) is 5.29. The van der Waals surface area contributed by atoms with Crippen molar-refractivity contribution in [2.45, 2.75) is 26.3 Å². The van der Waals surface area contributed by atoms with E-state index in [9.17, 15) is 0 Å². The average Bonchev–Trinajstić information content (AvgIpc) is 1.38. The summed E-state index contributed by atoms with van der Waals surface area (Å²) in [4.78, 5) is 0. The van der Waals surface area contributed by atoms with Crippen LogP contribution in [-0.4, -0.2) is 6.04 Å². The molecule has 1 atom stereocenters. The first-order chi connectivity index (χ1) is 2.27. The molecule has 0 aromatic heterocycles. The lowest BCUT2D eigenvalue weighted by atomic mass is 10.3. The second kappa shape index (κ2) is 5.31. The molecule has 0 saturated heterocycles. The number of hydrogen-bond donors (Lipinski definition) is 1. The van der Waals surface area contributed by atoms with Crippen molar-refractivity contribution >= 4 is 13.5 Å². The molecule has 0 aliphatic heterocycles. The van der Waals surface area contributed by atoms with Gasteiger partial charge in [0.15, 0.2) is 0 Å². The van der Waals surface area contributed by atoms with Gasteiger partial charge in [-0.2, -0.15) is 13.5 Å². The third-order valence-corrected chi connectivity index (χ3v) is 0.644. The van der Waals surface area contributed by atoms with Gasteiger partial charge in [-0.05, 0) is 13.3 Å². The Morgan fingerprint density at radius 1 is 1.67 bits per heavy atom. The second-order valence-electron chi connectivity index (χ2n) is 1.39. The number of rotatable bonds is 1. The van der Waals surface area contributed by atoms with Crippen molar-refractivity contribution in [3.63, 3.8) is 0 Å². The SMILES string of the molecule is CC[C@@H](C)N.S. The molecule has 0 amide bonds. The lowest BCUT2D eigenvalue weighted by Gasteiger charge is -1.91. The van der Waals surface area contributed by atoms with Gasteiger partial charge in [0.2, 0.25) is 0 Å². The Bertz CT molecular complexity index is 21.5. The van der Waals surface area contributed by atoms with Gasteiger partial charge in [-0.3, -0.25) is 0 Å². The summed E-state index contributed by atoms with van der Waals surface area (Å²) in [6.45, 7) is 4.07. The summed E-state index contributed by atoms with van der Waals surface area (Å²) in [7, 11) is 0. The van der Waals surface area contributed by atoms with Crippen molar-refractivity contribution in [3.05, 3.63) is 0 Å². The van der Waals surface area contributed by atoms with Gasteiger partial charge in [-0.25, -0.2) is 0 Å². The normalized spacial score (nSPS) is 12.5. The minimum Gasteiger partial charge on any atom is -0.328 e. The summed E-state index contributed by atoms with van der Waals surface area (Å²) < 4.78 is 0. The van der Waals surface area contributed by atoms with E-state index in [0.717, 1.165) is 6.42 Å². The van der Waals surface area contributed by atoms with E-state index >= 15 is 0 Å². The van der Waals surface area contributed by atoms with Gasteiger partial charge in [-0.1, -0.05) is 6.92 Å². The molecule has 6 heavy (non-hydrogen) atoms. The molecule has 0 fully saturated rings. The predicted octanol–water partition coefficient (Wildman–Crippen LogP) is 0.856. The lowest BCUT2D eigenvalue weighted by molar-refractivity contribution is 0.715. The van der Waals surface area contributed by atoms with E-state index in [1.54, 1.807) is 0 Å². The number of nitrogens with two attached hydrogens (primary N) is 1. The van der Waals surface area contributed by atoms with E-state index < -0.39 is 0 Å². The molecular formula is C4H13NS. The van der Waals surface area contributed by atoms with E-state index in [-0.39, 0.29) is 13.5 Å². The standard InChI is InChI=1S/C4H11N.H2S/c1-3-4(2)5;/h4H,3,5H2,1-2H3;1H2/t4-;/m1./s1.